The van der Waals surface area contributed by atoms with Crippen LogP contribution in [0, 0.1) is 11.7 Å². The molecular weight excluding hydrogens is 297 g/mol. The fourth-order valence-electron chi connectivity index (χ4n) is 2.48. The summed E-state index contributed by atoms with van der Waals surface area (Å²) in [4.78, 5) is 13.7. The monoisotopic (exact) mass is 313 g/mol. The molecule has 0 aliphatic carbocycles. The van der Waals surface area contributed by atoms with Crippen molar-refractivity contribution < 1.29 is 9.18 Å². The van der Waals surface area contributed by atoms with Gasteiger partial charge in [-0.1, -0.05) is 25.5 Å². The Morgan fingerprint density at radius 1 is 1.50 bits per heavy atom. The molecule has 1 unspecified atom stereocenters. The zero-order valence-electron chi connectivity index (χ0n) is 10.5. The fraction of sp³-hybridized carbons (Fsp3) is 0.500. The van der Waals surface area contributed by atoms with Crippen LogP contribution in [-0.2, 0) is 11.3 Å². The standard InChI is InChI=1S/C14H17BrFNO/c1-2-4-10-7-13(18)17(8-10)9-11-5-3-6-12(16)14(11)15/h3,5-6,10H,2,4,7-9H2,1H3. The van der Waals surface area contributed by atoms with Gasteiger partial charge in [0, 0.05) is 19.5 Å². The molecular formula is C14H17BrFNO. The lowest BCUT2D eigenvalue weighted by Crippen LogP contribution is -2.24. The van der Waals surface area contributed by atoms with E-state index < -0.39 is 0 Å². The summed E-state index contributed by atoms with van der Waals surface area (Å²) in [6, 6.07) is 4.95. The van der Waals surface area contributed by atoms with Gasteiger partial charge in [-0.2, -0.15) is 0 Å². The second kappa shape index (κ2) is 5.83. The van der Waals surface area contributed by atoms with Crippen molar-refractivity contribution in [2.24, 2.45) is 5.92 Å². The molecule has 0 saturated carbocycles. The summed E-state index contributed by atoms with van der Waals surface area (Å²) in [5, 5.41) is 0. The largest absolute Gasteiger partial charge is 0.338 e. The molecule has 1 atom stereocenters. The number of hydrogen-bond acceptors (Lipinski definition) is 1. The average molecular weight is 314 g/mol. The lowest BCUT2D eigenvalue weighted by Gasteiger charge is -2.17. The third kappa shape index (κ3) is 2.91. The molecule has 2 rings (SSSR count). The molecule has 1 aromatic carbocycles. The van der Waals surface area contributed by atoms with Gasteiger partial charge in [0.25, 0.3) is 0 Å². The SMILES string of the molecule is CCCC1CC(=O)N(Cc2cccc(F)c2Br)C1. The first-order valence-corrected chi connectivity index (χ1v) is 7.11. The van der Waals surface area contributed by atoms with Crippen molar-refractivity contribution in [2.75, 3.05) is 6.54 Å². The van der Waals surface area contributed by atoms with Crippen molar-refractivity contribution >= 4 is 21.8 Å². The minimum absolute atomic E-state index is 0.185. The first-order chi connectivity index (χ1) is 8.61. The molecule has 18 heavy (non-hydrogen) atoms. The molecule has 0 spiro atoms. The fourth-order valence-corrected chi connectivity index (χ4v) is 2.87. The van der Waals surface area contributed by atoms with E-state index in [1.807, 2.05) is 11.0 Å². The zero-order valence-corrected chi connectivity index (χ0v) is 12.0. The zero-order chi connectivity index (χ0) is 13.1. The highest BCUT2D eigenvalue weighted by Gasteiger charge is 2.29. The highest BCUT2D eigenvalue weighted by atomic mass is 79.9. The Bertz CT molecular complexity index is 449. The first kappa shape index (κ1) is 13.5. The minimum Gasteiger partial charge on any atom is -0.338 e. The maximum Gasteiger partial charge on any atom is 0.223 e. The number of halogens is 2. The summed E-state index contributed by atoms with van der Waals surface area (Å²) in [5.41, 5.74) is 0.834. The molecule has 98 valence electrons. The summed E-state index contributed by atoms with van der Waals surface area (Å²) in [6.45, 7) is 3.43. The van der Waals surface area contributed by atoms with Crippen LogP contribution >= 0.6 is 15.9 Å². The van der Waals surface area contributed by atoms with Crippen molar-refractivity contribution in [3.63, 3.8) is 0 Å². The number of likely N-dealkylation sites (tertiary alicyclic amines) is 1. The van der Waals surface area contributed by atoms with Crippen LogP contribution < -0.4 is 0 Å². The predicted molar refractivity (Wildman–Crippen MR) is 72.5 cm³/mol. The van der Waals surface area contributed by atoms with Gasteiger partial charge in [0.15, 0.2) is 0 Å². The Morgan fingerprint density at radius 3 is 3.00 bits per heavy atom. The molecule has 0 radical (unpaired) electrons. The molecule has 0 aromatic heterocycles. The molecule has 1 heterocycles. The Balaban J connectivity index is 2.06. The van der Waals surface area contributed by atoms with E-state index in [0.29, 0.717) is 23.4 Å². The van der Waals surface area contributed by atoms with E-state index >= 15 is 0 Å². The third-order valence-corrected chi connectivity index (χ3v) is 4.27. The molecule has 1 aliphatic heterocycles. The van der Waals surface area contributed by atoms with Crippen molar-refractivity contribution in [3.8, 4) is 0 Å². The Morgan fingerprint density at radius 2 is 2.28 bits per heavy atom. The van der Waals surface area contributed by atoms with Crippen molar-refractivity contribution in [3.05, 3.63) is 34.1 Å². The third-order valence-electron chi connectivity index (χ3n) is 3.38. The van der Waals surface area contributed by atoms with Crippen LogP contribution in [-0.4, -0.2) is 17.4 Å². The van der Waals surface area contributed by atoms with E-state index in [1.165, 1.54) is 6.07 Å². The highest BCUT2D eigenvalue weighted by Crippen LogP contribution is 2.27. The van der Waals surface area contributed by atoms with Crippen molar-refractivity contribution in [1.82, 2.24) is 4.90 Å². The number of amides is 1. The highest BCUT2D eigenvalue weighted by molar-refractivity contribution is 9.10. The molecule has 0 N–H and O–H groups in total. The molecule has 1 amide bonds. The van der Waals surface area contributed by atoms with Crippen LogP contribution in [0.25, 0.3) is 0 Å². The van der Waals surface area contributed by atoms with E-state index in [4.69, 9.17) is 0 Å². The quantitative estimate of drug-likeness (QED) is 0.829. The van der Waals surface area contributed by atoms with Gasteiger partial charge in [-0.05, 0) is 39.9 Å². The summed E-state index contributed by atoms with van der Waals surface area (Å²) < 4.78 is 13.9. The van der Waals surface area contributed by atoms with Crippen molar-refractivity contribution in [2.45, 2.75) is 32.7 Å². The number of hydrogen-bond donors (Lipinski definition) is 0. The molecule has 1 fully saturated rings. The Labute approximate surface area is 115 Å². The molecule has 4 heteroatoms. The minimum atomic E-state index is -0.274. The van der Waals surface area contributed by atoms with Crippen LogP contribution in [0.15, 0.2) is 22.7 Å². The van der Waals surface area contributed by atoms with E-state index in [9.17, 15) is 9.18 Å². The second-order valence-electron chi connectivity index (χ2n) is 4.85. The van der Waals surface area contributed by atoms with Crippen LogP contribution in [0.1, 0.15) is 31.7 Å². The molecule has 1 aliphatic rings. The topological polar surface area (TPSA) is 20.3 Å². The van der Waals surface area contributed by atoms with Crippen LogP contribution in [0.3, 0.4) is 0 Å². The van der Waals surface area contributed by atoms with Gasteiger partial charge < -0.3 is 4.90 Å². The summed E-state index contributed by atoms with van der Waals surface area (Å²) in [6.07, 6.45) is 2.84. The van der Waals surface area contributed by atoms with Gasteiger partial charge in [0.2, 0.25) is 5.91 Å². The number of carbonyl (C=O) groups is 1. The average Bonchev–Trinajstić information content (AvgIpc) is 2.66. The van der Waals surface area contributed by atoms with Gasteiger partial charge in [-0.25, -0.2) is 4.39 Å². The lowest BCUT2D eigenvalue weighted by atomic mass is 10.0. The van der Waals surface area contributed by atoms with Crippen LogP contribution in [0.5, 0.6) is 0 Å². The summed E-state index contributed by atoms with van der Waals surface area (Å²) in [7, 11) is 0. The maximum absolute atomic E-state index is 13.4. The number of rotatable bonds is 4. The Kier molecular flexibility index (Phi) is 4.38. The molecule has 2 nitrogen and oxygen atoms in total. The maximum atomic E-state index is 13.4. The van der Waals surface area contributed by atoms with Gasteiger partial charge in [0.1, 0.15) is 5.82 Å². The summed E-state index contributed by atoms with van der Waals surface area (Å²) in [5.74, 6) is 0.378. The summed E-state index contributed by atoms with van der Waals surface area (Å²) >= 11 is 3.24. The smallest absolute Gasteiger partial charge is 0.223 e. The van der Waals surface area contributed by atoms with Gasteiger partial charge >= 0.3 is 0 Å². The number of nitrogens with zero attached hydrogens (tertiary/aromatic N) is 1. The van der Waals surface area contributed by atoms with E-state index in [1.54, 1.807) is 6.07 Å². The first-order valence-electron chi connectivity index (χ1n) is 6.32. The molecule has 1 aromatic rings. The van der Waals surface area contributed by atoms with Crippen LogP contribution in [0.2, 0.25) is 0 Å². The molecule has 0 bridgehead atoms. The second-order valence-corrected chi connectivity index (χ2v) is 5.64. The number of benzene rings is 1. The van der Waals surface area contributed by atoms with Gasteiger partial charge in [-0.3, -0.25) is 4.79 Å². The normalized spacial score (nSPS) is 19.6. The van der Waals surface area contributed by atoms with Gasteiger partial charge in [-0.15, -0.1) is 0 Å². The van der Waals surface area contributed by atoms with Crippen LogP contribution in [0.4, 0.5) is 4.39 Å². The van der Waals surface area contributed by atoms with Gasteiger partial charge in [0.05, 0.1) is 4.47 Å². The lowest BCUT2D eigenvalue weighted by molar-refractivity contribution is -0.128. The predicted octanol–water partition coefficient (Wildman–Crippen LogP) is 3.74. The van der Waals surface area contributed by atoms with E-state index in [-0.39, 0.29) is 11.7 Å². The Hall–Kier alpha value is -0.900. The number of carbonyl (C=O) groups excluding carboxylic acids is 1. The van der Waals surface area contributed by atoms with E-state index in [0.717, 1.165) is 24.9 Å². The molecule has 1 saturated heterocycles. The van der Waals surface area contributed by atoms with E-state index in [2.05, 4.69) is 22.9 Å². The van der Waals surface area contributed by atoms with Crippen molar-refractivity contribution in [1.29, 1.82) is 0 Å².